The summed E-state index contributed by atoms with van der Waals surface area (Å²) in [6.45, 7) is 3.75. The molecule has 1 aliphatic heterocycles. The second-order valence-electron chi connectivity index (χ2n) is 6.79. The van der Waals surface area contributed by atoms with Crippen LogP contribution in [0.25, 0.3) is 0 Å². The molecule has 2 amide bonds. The van der Waals surface area contributed by atoms with Crippen molar-refractivity contribution in [1.82, 2.24) is 10.6 Å². The van der Waals surface area contributed by atoms with Gasteiger partial charge in [-0.25, -0.2) is 9.36 Å². The molecule has 0 saturated carbocycles. The van der Waals surface area contributed by atoms with Crippen LogP contribution in [0.2, 0.25) is 0 Å². The fraction of sp³-hybridized carbons (Fsp3) is 0.647. The second kappa shape index (κ2) is 12.2. The molecule has 0 aromatic heterocycles. The summed E-state index contributed by atoms with van der Waals surface area (Å²) in [6, 6.07) is 0. The Labute approximate surface area is 179 Å². The Morgan fingerprint density at radius 2 is 1.87 bits per heavy atom. The SMILES string of the molecule is COC(=O)/C=C/C(=O)SCCNC(=O)CCNC(=O)[C@@H]1OP(=O)(OC)OCC1(C)C. The maximum atomic E-state index is 12.4. The number of amides is 2. The highest BCUT2D eigenvalue weighted by molar-refractivity contribution is 8.14. The first kappa shape index (κ1) is 26.3. The molecule has 2 atom stereocenters. The van der Waals surface area contributed by atoms with Gasteiger partial charge >= 0.3 is 13.8 Å². The van der Waals surface area contributed by atoms with Crippen LogP contribution in [0.5, 0.6) is 0 Å². The number of hydrogen-bond donors (Lipinski definition) is 2. The van der Waals surface area contributed by atoms with Crippen LogP contribution in [0.15, 0.2) is 12.2 Å². The zero-order chi connectivity index (χ0) is 22.8. The molecule has 1 heterocycles. The third kappa shape index (κ3) is 8.97. The van der Waals surface area contributed by atoms with E-state index in [1.165, 1.54) is 14.2 Å². The van der Waals surface area contributed by atoms with Gasteiger partial charge in [-0.15, -0.1) is 0 Å². The third-order valence-electron chi connectivity index (χ3n) is 3.88. The molecule has 1 rings (SSSR count). The molecule has 0 bridgehead atoms. The number of phosphoric acid groups is 1. The maximum absolute atomic E-state index is 12.4. The molecule has 0 aromatic rings. The van der Waals surface area contributed by atoms with Gasteiger partial charge < -0.3 is 15.4 Å². The molecule has 11 nitrogen and oxygen atoms in total. The van der Waals surface area contributed by atoms with E-state index in [-0.39, 0.29) is 37.1 Å². The second-order valence-corrected chi connectivity index (χ2v) is 9.62. The lowest BCUT2D eigenvalue weighted by atomic mass is 9.87. The molecule has 2 N–H and O–H groups in total. The van der Waals surface area contributed by atoms with E-state index >= 15 is 0 Å². The molecule has 0 spiro atoms. The number of nitrogens with one attached hydrogen (secondary N) is 2. The summed E-state index contributed by atoms with van der Waals surface area (Å²) in [5.74, 6) is -1.15. The van der Waals surface area contributed by atoms with Crippen molar-refractivity contribution in [2.24, 2.45) is 5.41 Å². The lowest BCUT2D eigenvalue weighted by Crippen LogP contribution is -2.50. The topological polar surface area (TPSA) is 146 Å². The molecule has 1 unspecified atom stereocenters. The number of esters is 1. The van der Waals surface area contributed by atoms with Gasteiger partial charge in [0.15, 0.2) is 6.10 Å². The molecular weight excluding hydrogens is 439 g/mol. The Balaban J connectivity index is 2.29. The smallest absolute Gasteiger partial charge is 0.466 e. The molecule has 1 fully saturated rings. The van der Waals surface area contributed by atoms with Gasteiger partial charge in [-0.05, 0) is 6.08 Å². The van der Waals surface area contributed by atoms with Crippen LogP contribution < -0.4 is 10.6 Å². The average molecular weight is 466 g/mol. The summed E-state index contributed by atoms with van der Waals surface area (Å²) >= 11 is 0.935. The summed E-state index contributed by atoms with van der Waals surface area (Å²) in [4.78, 5) is 46.6. The predicted octanol–water partition coefficient (Wildman–Crippen LogP) is 0.794. The molecule has 13 heteroatoms. The number of hydrogen-bond acceptors (Lipinski definition) is 10. The molecule has 0 aliphatic carbocycles. The largest absolute Gasteiger partial charge is 0.475 e. The van der Waals surface area contributed by atoms with Crippen molar-refractivity contribution in [1.29, 1.82) is 0 Å². The monoisotopic (exact) mass is 466 g/mol. The fourth-order valence-electron chi connectivity index (χ4n) is 2.20. The van der Waals surface area contributed by atoms with E-state index in [1.807, 2.05) is 0 Å². The molecule has 0 radical (unpaired) electrons. The van der Waals surface area contributed by atoms with Crippen molar-refractivity contribution in [3.8, 4) is 0 Å². The highest BCUT2D eigenvalue weighted by Gasteiger charge is 2.48. The van der Waals surface area contributed by atoms with Gasteiger partial charge in [0.05, 0.1) is 13.7 Å². The van der Waals surface area contributed by atoms with Crippen LogP contribution >= 0.6 is 19.6 Å². The van der Waals surface area contributed by atoms with E-state index in [4.69, 9.17) is 13.6 Å². The number of methoxy groups -OCH3 is 1. The predicted molar refractivity (Wildman–Crippen MR) is 108 cm³/mol. The molecule has 1 saturated heterocycles. The minimum atomic E-state index is -3.78. The van der Waals surface area contributed by atoms with Crippen molar-refractivity contribution in [2.45, 2.75) is 26.4 Å². The van der Waals surface area contributed by atoms with Crippen molar-refractivity contribution in [2.75, 3.05) is 39.7 Å². The minimum Gasteiger partial charge on any atom is -0.466 e. The van der Waals surface area contributed by atoms with Gasteiger partial charge in [0.25, 0.3) is 0 Å². The Morgan fingerprint density at radius 1 is 1.17 bits per heavy atom. The van der Waals surface area contributed by atoms with Crippen LogP contribution in [0.3, 0.4) is 0 Å². The molecule has 0 aromatic carbocycles. The zero-order valence-corrected chi connectivity index (χ0v) is 19.0. The summed E-state index contributed by atoms with van der Waals surface area (Å²) in [5, 5.41) is 4.85. The van der Waals surface area contributed by atoms with E-state index in [1.54, 1.807) is 13.8 Å². The van der Waals surface area contributed by atoms with Crippen molar-refractivity contribution < 1.29 is 42.1 Å². The highest BCUT2D eigenvalue weighted by atomic mass is 32.2. The molecule has 1 aliphatic rings. The van der Waals surface area contributed by atoms with Crippen LogP contribution in [0.1, 0.15) is 20.3 Å². The van der Waals surface area contributed by atoms with Gasteiger partial charge in [0.2, 0.25) is 16.9 Å². The summed E-state index contributed by atoms with van der Waals surface area (Å²) < 4.78 is 31.5. The van der Waals surface area contributed by atoms with Crippen LogP contribution in [-0.4, -0.2) is 68.7 Å². The maximum Gasteiger partial charge on any atom is 0.475 e. The Hall–Kier alpha value is -1.72. The Kier molecular flexibility index (Phi) is 10.7. The van der Waals surface area contributed by atoms with Gasteiger partial charge in [-0.1, -0.05) is 25.6 Å². The normalized spacial score (nSPS) is 23.0. The Morgan fingerprint density at radius 3 is 2.50 bits per heavy atom. The van der Waals surface area contributed by atoms with Gasteiger partial charge in [-0.3, -0.25) is 28.0 Å². The number of rotatable bonds is 10. The van der Waals surface area contributed by atoms with E-state index in [2.05, 4.69) is 15.4 Å². The van der Waals surface area contributed by atoms with Gasteiger partial charge in [-0.2, -0.15) is 0 Å². The number of ether oxygens (including phenoxy) is 1. The lowest BCUT2D eigenvalue weighted by molar-refractivity contribution is -0.141. The van der Waals surface area contributed by atoms with E-state index < -0.39 is 31.2 Å². The number of thioether (sulfide) groups is 1. The molecular formula is C17H27N2O9PS. The number of carbonyl (C=O) groups excluding carboxylic acids is 4. The molecule has 30 heavy (non-hydrogen) atoms. The van der Waals surface area contributed by atoms with E-state index in [0.717, 1.165) is 23.9 Å². The van der Waals surface area contributed by atoms with Gasteiger partial charge in [0.1, 0.15) is 0 Å². The van der Waals surface area contributed by atoms with Crippen molar-refractivity contribution in [3.05, 3.63) is 12.2 Å². The summed E-state index contributed by atoms with van der Waals surface area (Å²) in [7, 11) is -1.40. The van der Waals surface area contributed by atoms with Crippen LogP contribution in [-0.2, 0) is 42.1 Å². The Bertz CT molecular complexity index is 726. The van der Waals surface area contributed by atoms with E-state index in [0.29, 0.717) is 5.75 Å². The molecule has 170 valence electrons. The zero-order valence-electron chi connectivity index (χ0n) is 17.3. The first-order valence-corrected chi connectivity index (χ1v) is 11.4. The number of carbonyl (C=O) groups is 4. The summed E-state index contributed by atoms with van der Waals surface area (Å²) in [5.41, 5.74) is -0.731. The standard InChI is InChI=1S/C17H27N2O9PS/c1-17(2)11-27-29(24,26-4)28-15(17)16(23)19-8-7-12(20)18-9-10-30-14(22)6-5-13(21)25-3/h5-6,15H,7-11H2,1-4H3,(H,18,20)(H,19,23)/b6-5+/t15-,29?/m0/s1. The van der Waals surface area contributed by atoms with E-state index in [9.17, 15) is 23.7 Å². The average Bonchev–Trinajstić information content (AvgIpc) is 2.71. The van der Waals surface area contributed by atoms with Gasteiger partial charge in [0, 0.05) is 43.9 Å². The highest BCUT2D eigenvalue weighted by Crippen LogP contribution is 2.56. The quantitative estimate of drug-likeness (QED) is 0.205. The first-order valence-electron chi connectivity index (χ1n) is 8.99. The first-order chi connectivity index (χ1) is 14.0. The fourth-order valence-corrected chi connectivity index (χ4v) is 4.15. The van der Waals surface area contributed by atoms with Crippen LogP contribution in [0.4, 0.5) is 0 Å². The third-order valence-corrected chi connectivity index (χ3v) is 6.07. The van der Waals surface area contributed by atoms with Crippen molar-refractivity contribution in [3.63, 3.8) is 0 Å². The minimum absolute atomic E-state index is 0.0121. The number of phosphoric ester groups is 1. The van der Waals surface area contributed by atoms with Crippen molar-refractivity contribution >= 4 is 42.5 Å². The van der Waals surface area contributed by atoms with Crippen LogP contribution in [0, 0.1) is 5.41 Å². The lowest BCUT2D eigenvalue weighted by Gasteiger charge is -2.39. The summed E-state index contributed by atoms with van der Waals surface area (Å²) in [6.07, 6.45) is 1.07.